The highest BCUT2D eigenvalue weighted by Crippen LogP contribution is 2.39. The molecule has 2 amide bonds. The van der Waals surface area contributed by atoms with Crippen LogP contribution in [0.1, 0.15) is 33.9 Å². The molecule has 9 nitrogen and oxygen atoms in total. The van der Waals surface area contributed by atoms with E-state index in [1.165, 1.54) is 26.4 Å². The largest absolute Gasteiger partial charge is 0.493 e. The number of nitrogens with two attached hydrogens (primary N) is 1. The van der Waals surface area contributed by atoms with Crippen molar-refractivity contribution in [2.75, 3.05) is 34.5 Å². The number of benzene rings is 2. The van der Waals surface area contributed by atoms with Gasteiger partial charge in [0, 0.05) is 12.1 Å². The van der Waals surface area contributed by atoms with Gasteiger partial charge in [-0.3, -0.25) is 14.4 Å². The van der Waals surface area contributed by atoms with E-state index in [0.717, 1.165) is 11.1 Å². The average molecular weight is 442 g/mol. The molecule has 0 aromatic heterocycles. The maximum Gasteiger partial charge on any atom is 0.307 e. The van der Waals surface area contributed by atoms with E-state index in [9.17, 15) is 14.4 Å². The number of amides is 2. The third-order valence-corrected chi connectivity index (χ3v) is 5.41. The van der Waals surface area contributed by atoms with E-state index >= 15 is 0 Å². The first-order chi connectivity index (χ1) is 15.4. The van der Waals surface area contributed by atoms with Gasteiger partial charge in [-0.15, -0.1) is 0 Å². The van der Waals surface area contributed by atoms with Crippen LogP contribution in [0.15, 0.2) is 36.4 Å². The van der Waals surface area contributed by atoms with Gasteiger partial charge in [0.15, 0.2) is 18.1 Å². The Hall–Kier alpha value is -3.75. The zero-order valence-corrected chi connectivity index (χ0v) is 18.3. The molecule has 1 heterocycles. The van der Waals surface area contributed by atoms with Gasteiger partial charge in [-0.05, 0) is 53.9 Å². The summed E-state index contributed by atoms with van der Waals surface area (Å²) in [6.45, 7) is 0.184. The third kappa shape index (κ3) is 4.93. The van der Waals surface area contributed by atoms with E-state index in [1.54, 1.807) is 30.2 Å². The number of primary amides is 1. The number of esters is 1. The van der Waals surface area contributed by atoms with Crippen LogP contribution in [-0.4, -0.2) is 57.2 Å². The first kappa shape index (κ1) is 22.9. The van der Waals surface area contributed by atoms with Gasteiger partial charge in [0.1, 0.15) is 5.75 Å². The maximum absolute atomic E-state index is 13.0. The fourth-order valence-corrected chi connectivity index (χ4v) is 3.73. The van der Waals surface area contributed by atoms with Crippen molar-refractivity contribution < 1.29 is 33.3 Å². The second kappa shape index (κ2) is 10.0. The highest BCUT2D eigenvalue weighted by molar-refractivity contribution is 5.92. The van der Waals surface area contributed by atoms with Crippen molar-refractivity contribution >= 4 is 17.8 Å². The lowest BCUT2D eigenvalue weighted by molar-refractivity contribution is -0.144. The minimum atomic E-state index is -0.544. The van der Waals surface area contributed by atoms with Gasteiger partial charge >= 0.3 is 5.97 Å². The van der Waals surface area contributed by atoms with Crippen LogP contribution in [0.5, 0.6) is 17.2 Å². The van der Waals surface area contributed by atoms with E-state index in [1.807, 2.05) is 6.07 Å². The van der Waals surface area contributed by atoms with Crippen molar-refractivity contribution in [2.45, 2.75) is 18.9 Å². The summed E-state index contributed by atoms with van der Waals surface area (Å²) in [4.78, 5) is 38.0. The molecule has 32 heavy (non-hydrogen) atoms. The summed E-state index contributed by atoms with van der Waals surface area (Å²) in [6, 6.07) is 9.34. The number of fused-ring (bicyclic) bond motifs is 1. The topological polar surface area (TPSA) is 117 Å². The Balaban J connectivity index is 1.82. The highest BCUT2D eigenvalue weighted by atomic mass is 16.5. The SMILES string of the molecule is COC(=O)C[C@@H]1c2cc(OC)c(OC)cc2CCN1C(=O)COc1ccc(C(N)=O)cc1. The zero-order chi connectivity index (χ0) is 23.3. The molecule has 1 aliphatic heterocycles. The molecule has 1 atom stereocenters. The van der Waals surface area contributed by atoms with Gasteiger partial charge in [0.2, 0.25) is 5.91 Å². The van der Waals surface area contributed by atoms with Crippen LogP contribution in [0.25, 0.3) is 0 Å². The molecule has 3 rings (SSSR count). The van der Waals surface area contributed by atoms with Gasteiger partial charge in [0.05, 0.1) is 33.8 Å². The van der Waals surface area contributed by atoms with Gasteiger partial charge in [-0.25, -0.2) is 0 Å². The van der Waals surface area contributed by atoms with Crippen molar-refractivity contribution in [3.63, 3.8) is 0 Å². The monoisotopic (exact) mass is 442 g/mol. The van der Waals surface area contributed by atoms with E-state index in [2.05, 4.69) is 0 Å². The Kier molecular flexibility index (Phi) is 7.19. The van der Waals surface area contributed by atoms with Crippen LogP contribution in [0, 0.1) is 0 Å². The van der Waals surface area contributed by atoms with E-state index in [-0.39, 0.29) is 18.9 Å². The predicted molar refractivity (Wildman–Crippen MR) is 115 cm³/mol. The van der Waals surface area contributed by atoms with Crippen molar-refractivity contribution in [2.24, 2.45) is 5.73 Å². The molecule has 2 N–H and O–H groups in total. The molecular weight excluding hydrogens is 416 g/mol. The molecule has 0 saturated heterocycles. The number of methoxy groups -OCH3 is 3. The fourth-order valence-electron chi connectivity index (χ4n) is 3.73. The minimum Gasteiger partial charge on any atom is -0.493 e. The lowest BCUT2D eigenvalue weighted by atomic mass is 9.90. The molecule has 2 aromatic rings. The summed E-state index contributed by atoms with van der Waals surface area (Å²) in [5, 5.41) is 0. The van der Waals surface area contributed by atoms with Crippen LogP contribution >= 0.6 is 0 Å². The number of hydrogen-bond donors (Lipinski definition) is 1. The maximum atomic E-state index is 13.0. The Labute approximate surface area is 186 Å². The molecule has 0 saturated carbocycles. The van der Waals surface area contributed by atoms with E-state index in [4.69, 9.17) is 24.7 Å². The molecule has 0 radical (unpaired) electrons. The normalized spacial score (nSPS) is 14.8. The molecule has 9 heteroatoms. The van der Waals surface area contributed by atoms with E-state index in [0.29, 0.717) is 35.8 Å². The lowest BCUT2D eigenvalue weighted by Crippen LogP contribution is -2.43. The Morgan fingerprint density at radius 3 is 2.28 bits per heavy atom. The number of carbonyl (C=O) groups excluding carboxylic acids is 3. The third-order valence-electron chi connectivity index (χ3n) is 5.41. The summed E-state index contributed by atoms with van der Waals surface area (Å²) in [5.74, 6) is 0.275. The lowest BCUT2D eigenvalue weighted by Gasteiger charge is -2.37. The van der Waals surface area contributed by atoms with Crippen LogP contribution in [0.4, 0.5) is 0 Å². The fraction of sp³-hybridized carbons (Fsp3) is 0.348. The van der Waals surface area contributed by atoms with Crippen molar-refractivity contribution in [1.82, 2.24) is 4.90 Å². The molecule has 0 fully saturated rings. The standard InChI is InChI=1S/C23H26N2O7/c1-29-19-10-15-8-9-25(18(12-22(27)31-3)17(15)11-20(19)30-2)21(26)13-32-16-6-4-14(5-7-16)23(24)28/h4-7,10-11,18H,8-9,12-13H2,1-3H3,(H2,24,28)/t18-/m1/s1. The van der Waals surface area contributed by atoms with Gasteiger partial charge in [-0.1, -0.05) is 0 Å². The second-order valence-corrected chi connectivity index (χ2v) is 7.22. The average Bonchev–Trinajstić information content (AvgIpc) is 2.81. The number of carbonyl (C=O) groups is 3. The van der Waals surface area contributed by atoms with Gasteiger partial charge in [-0.2, -0.15) is 0 Å². The molecule has 2 aromatic carbocycles. The van der Waals surface area contributed by atoms with Crippen molar-refractivity contribution in [3.8, 4) is 17.2 Å². The van der Waals surface area contributed by atoms with Gasteiger partial charge < -0.3 is 29.6 Å². The second-order valence-electron chi connectivity index (χ2n) is 7.22. The Morgan fingerprint density at radius 1 is 1.03 bits per heavy atom. The minimum absolute atomic E-state index is 0.00195. The Morgan fingerprint density at radius 2 is 1.69 bits per heavy atom. The summed E-state index contributed by atoms with van der Waals surface area (Å²) < 4.78 is 21.2. The van der Waals surface area contributed by atoms with Gasteiger partial charge in [0.25, 0.3) is 5.91 Å². The smallest absolute Gasteiger partial charge is 0.307 e. The number of nitrogens with zero attached hydrogens (tertiary/aromatic N) is 1. The molecule has 0 aliphatic carbocycles. The van der Waals surface area contributed by atoms with Crippen LogP contribution in [0.2, 0.25) is 0 Å². The summed E-state index contributed by atoms with van der Waals surface area (Å²) >= 11 is 0. The first-order valence-corrected chi connectivity index (χ1v) is 10.0. The summed E-state index contributed by atoms with van der Waals surface area (Å²) in [5.41, 5.74) is 7.36. The number of ether oxygens (including phenoxy) is 4. The zero-order valence-electron chi connectivity index (χ0n) is 18.3. The summed E-state index contributed by atoms with van der Waals surface area (Å²) in [7, 11) is 4.40. The molecule has 170 valence electrons. The molecule has 0 spiro atoms. The molecular formula is C23H26N2O7. The number of hydrogen-bond acceptors (Lipinski definition) is 7. The predicted octanol–water partition coefficient (Wildman–Crippen LogP) is 1.87. The van der Waals surface area contributed by atoms with Crippen LogP contribution < -0.4 is 19.9 Å². The van der Waals surface area contributed by atoms with Crippen LogP contribution in [-0.2, 0) is 20.7 Å². The quantitative estimate of drug-likeness (QED) is 0.620. The molecule has 0 unspecified atom stereocenters. The summed E-state index contributed by atoms with van der Waals surface area (Å²) in [6.07, 6.45) is 0.588. The highest BCUT2D eigenvalue weighted by Gasteiger charge is 2.34. The molecule has 1 aliphatic rings. The molecule has 0 bridgehead atoms. The van der Waals surface area contributed by atoms with Crippen molar-refractivity contribution in [3.05, 3.63) is 53.1 Å². The van der Waals surface area contributed by atoms with Crippen LogP contribution in [0.3, 0.4) is 0 Å². The number of rotatable bonds is 8. The van der Waals surface area contributed by atoms with Crippen molar-refractivity contribution in [1.29, 1.82) is 0 Å². The first-order valence-electron chi connectivity index (χ1n) is 10.0. The Bertz CT molecular complexity index is 1000. The van der Waals surface area contributed by atoms with E-state index < -0.39 is 17.9 Å².